The van der Waals surface area contributed by atoms with E-state index >= 15 is 0 Å². The van der Waals surface area contributed by atoms with Crippen LogP contribution < -0.4 is 16.5 Å². The Morgan fingerprint density at radius 2 is 1.82 bits per heavy atom. The van der Waals surface area contributed by atoms with E-state index in [-0.39, 0.29) is 17.0 Å². The van der Waals surface area contributed by atoms with Crippen molar-refractivity contribution in [2.24, 2.45) is 0 Å². The van der Waals surface area contributed by atoms with Gasteiger partial charge in [-0.05, 0) is 55.8 Å². The average molecular weight is 456 g/mol. The molecule has 2 aromatic heterocycles. The fourth-order valence-electron chi connectivity index (χ4n) is 4.11. The molecule has 170 valence electrons. The molecule has 3 N–H and O–H groups in total. The van der Waals surface area contributed by atoms with Crippen molar-refractivity contribution in [3.8, 4) is 11.3 Å². The van der Waals surface area contributed by atoms with E-state index in [1.807, 2.05) is 19.9 Å². The van der Waals surface area contributed by atoms with Crippen molar-refractivity contribution in [3.05, 3.63) is 98.1 Å². The standard InChI is InChI=1S/C26H20N2O6/c1-13-9-17(14(2)27-19-6-4-3-5-16(19)25(30)31)24-18(10-13)21(29)12-23(33-24)15-7-8-22-20(11-15)28-26(32)34-22/h3-12,14,27H,1-2H3,(H,28,32)(H,30,31). The Morgan fingerprint density at radius 1 is 1.03 bits per heavy atom. The van der Waals surface area contributed by atoms with Crippen LogP contribution in [0.3, 0.4) is 0 Å². The number of carboxylic acids is 1. The number of anilines is 1. The molecule has 0 radical (unpaired) electrons. The molecule has 0 spiro atoms. The maximum Gasteiger partial charge on any atom is 0.417 e. The number of carbonyl (C=O) groups is 1. The van der Waals surface area contributed by atoms with Crippen LogP contribution >= 0.6 is 0 Å². The van der Waals surface area contributed by atoms with Crippen molar-refractivity contribution in [2.75, 3.05) is 5.32 Å². The van der Waals surface area contributed by atoms with Gasteiger partial charge in [-0.2, -0.15) is 0 Å². The average Bonchev–Trinajstić information content (AvgIpc) is 3.18. The Balaban J connectivity index is 1.64. The summed E-state index contributed by atoms with van der Waals surface area (Å²) in [5.74, 6) is -1.26. The number of aromatic nitrogens is 1. The quantitative estimate of drug-likeness (QED) is 0.337. The van der Waals surface area contributed by atoms with Crippen LogP contribution in [0.2, 0.25) is 0 Å². The molecule has 0 fully saturated rings. The summed E-state index contributed by atoms with van der Waals surface area (Å²) in [6.07, 6.45) is 0. The molecule has 8 nitrogen and oxygen atoms in total. The number of H-pyrrole nitrogens is 1. The Bertz CT molecular complexity index is 1690. The van der Waals surface area contributed by atoms with E-state index < -0.39 is 11.7 Å². The minimum absolute atomic E-state index is 0.149. The highest BCUT2D eigenvalue weighted by molar-refractivity contribution is 5.94. The first kappa shape index (κ1) is 21.3. The molecule has 3 aromatic carbocycles. The number of hydrogen-bond donors (Lipinski definition) is 3. The molecule has 8 heteroatoms. The normalized spacial score (nSPS) is 12.2. The molecule has 5 aromatic rings. The summed E-state index contributed by atoms with van der Waals surface area (Å²) in [6, 6.07) is 16.4. The second-order valence-electron chi connectivity index (χ2n) is 8.15. The minimum Gasteiger partial charge on any atom is -0.478 e. The highest BCUT2D eigenvalue weighted by Gasteiger charge is 2.18. The van der Waals surface area contributed by atoms with Gasteiger partial charge in [0.2, 0.25) is 0 Å². The van der Waals surface area contributed by atoms with Crippen LogP contribution in [0.25, 0.3) is 33.4 Å². The highest BCUT2D eigenvalue weighted by Crippen LogP contribution is 2.32. The SMILES string of the molecule is Cc1cc(C(C)Nc2ccccc2C(=O)O)c2oc(-c3ccc4oc(=O)[nH]c4c3)cc(=O)c2c1. The fraction of sp³-hybridized carbons (Fsp3) is 0.115. The first-order chi connectivity index (χ1) is 16.3. The Labute approximate surface area is 192 Å². The summed E-state index contributed by atoms with van der Waals surface area (Å²) in [4.78, 5) is 38.7. The van der Waals surface area contributed by atoms with E-state index in [0.29, 0.717) is 44.6 Å². The summed E-state index contributed by atoms with van der Waals surface area (Å²) in [7, 11) is 0. The topological polar surface area (TPSA) is 126 Å². The summed E-state index contributed by atoms with van der Waals surface area (Å²) in [5.41, 5.74) is 3.90. The molecule has 1 unspecified atom stereocenters. The van der Waals surface area contributed by atoms with Crippen molar-refractivity contribution in [3.63, 3.8) is 0 Å². The number of aromatic carboxylic acids is 1. The molecule has 0 aliphatic heterocycles. The van der Waals surface area contributed by atoms with Crippen molar-refractivity contribution < 1.29 is 18.7 Å². The van der Waals surface area contributed by atoms with Crippen LogP contribution in [0.1, 0.15) is 34.5 Å². The van der Waals surface area contributed by atoms with Gasteiger partial charge in [0, 0.05) is 22.9 Å². The number of benzene rings is 3. The monoisotopic (exact) mass is 456 g/mol. The van der Waals surface area contributed by atoms with Crippen molar-refractivity contribution in [1.82, 2.24) is 4.98 Å². The maximum atomic E-state index is 13.0. The first-order valence-corrected chi connectivity index (χ1v) is 10.6. The molecule has 0 saturated heterocycles. The van der Waals surface area contributed by atoms with Gasteiger partial charge in [0.15, 0.2) is 11.0 Å². The maximum absolute atomic E-state index is 13.0. The third-order valence-electron chi connectivity index (χ3n) is 5.70. The molecule has 0 aliphatic carbocycles. The van der Waals surface area contributed by atoms with E-state index in [2.05, 4.69) is 10.3 Å². The number of rotatable bonds is 5. The van der Waals surface area contributed by atoms with Gasteiger partial charge < -0.3 is 19.3 Å². The van der Waals surface area contributed by atoms with Crippen molar-refractivity contribution in [1.29, 1.82) is 0 Å². The van der Waals surface area contributed by atoms with Gasteiger partial charge in [-0.25, -0.2) is 9.59 Å². The van der Waals surface area contributed by atoms with Gasteiger partial charge in [0.25, 0.3) is 0 Å². The third-order valence-corrected chi connectivity index (χ3v) is 5.70. The highest BCUT2D eigenvalue weighted by atomic mass is 16.4. The second kappa shape index (κ2) is 8.08. The summed E-state index contributed by atoms with van der Waals surface area (Å²) in [5, 5.41) is 13.2. The van der Waals surface area contributed by atoms with E-state index in [4.69, 9.17) is 8.83 Å². The molecule has 2 heterocycles. The second-order valence-corrected chi connectivity index (χ2v) is 8.15. The molecule has 5 rings (SSSR count). The van der Waals surface area contributed by atoms with Crippen LogP contribution in [0.4, 0.5) is 5.69 Å². The summed E-state index contributed by atoms with van der Waals surface area (Å²) < 4.78 is 11.3. The molecule has 0 bridgehead atoms. The Morgan fingerprint density at radius 3 is 2.62 bits per heavy atom. The number of hydrogen-bond acceptors (Lipinski definition) is 6. The lowest BCUT2D eigenvalue weighted by Crippen LogP contribution is -2.12. The fourth-order valence-corrected chi connectivity index (χ4v) is 4.11. The first-order valence-electron chi connectivity index (χ1n) is 10.6. The van der Waals surface area contributed by atoms with Crippen LogP contribution in [0, 0.1) is 6.92 Å². The number of para-hydroxylation sites is 1. The van der Waals surface area contributed by atoms with Crippen LogP contribution in [0.5, 0.6) is 0 Å². The molecular formula is C26H20N2O6. The largest absolute Gasteiger partial charge is 0.478 e. The predicted octanol–water partition coefficient (Wildman–Crippen LogP) is 5.07. The van der Waals surface area contributed by atoms with Crippen molar-refractivity contribution in [2.45, 2.75) is 19.9 Å². The predicted molar refractivity (Wildman–Crippen MR) is 128 cm³/mol. The number of nitrogens with one attached hydrogen (secondary N) is 2. The molecule has 0 aliphatic rings. The lowest BCUT2D eigenvalue weighted by atomic mass is 10.00. The number of oxazole rings is 1. The van der Waals surface area contributed by atoms with Gasteiger partial charge >= 0.3 is 11.7 Å². The van der Waals surface area contributed by atoms with Gasteiger partial charge in [-0.3, -0.25) is 9.78 Å². The molecule has 0 amide bonds. The van der Waals surface area contributed by atoms with Crippen LogP contribution in [-0.2, 0) is 0 Å². The zero-order valence-corrected chi connectivity index (χ0v) is 18.3. The summed E-state index contributed by atoms with van der Waals surface area (Å²) in [6.45, 7) is 3.76. The van der Waals surface area contributed by atoms with E-state index in [9.17, 15) is 19.5 Å². The number of aryl methyl sites for hydroxylation is 1. The van der Waals surface area contributed by atoms with Crippen LogP contribution in [-0.4, -0.2) is 16.1 Å². The van der Waals surface area contributed by atoms with Gasteiger partial charge in [-0.15, -0.1) is 0 Å². The van der Waals surface area contributed by atoms with Crippen LogP contribution in [0.15, 0.2) is 79.1 Å². The van der Waals surface area contributed by atoms with Crippen molar-refractivity contribution >= 4 is 33.7 Å². The van der Waals surface area contributed by atoms with E-state index in [1.54, 1.807) is 42.5 Å². The smallest absolute Gasteiger partial charge is 0.417 e. The number of aromatic amines is 1. The number of fused-ring (bicyclic) bond motifs is 2. The van der Waals surface area contributed by atoms with E-state index in [0.717, 1.165) is 5.56 Å². The molecule has 34 heavy (non-hydrogen) atoms. The molecule has 0 saturated carbocycles. The van der Waals surface area contributed by atoms with Gasteiger partial charge in [0.05, 0.1) is 22.5 Å². The molecule has 1 atom stereocenters. The van der Waals surface area contributed by atoms with E-state index in [1.165, 1.54) is 12.1 Å². The van der Waals surface area contributed by atoms with Gasteiger partial charge in [-0.1, -0.05) is 18.2 Å². The summed E-state index contributed by atoms with van der Waals surface area (Å²) >= 11 is 0. The lowest BCUT2D eigenvalue weighted by molar-refractivity contribution is 0.0698. The number of carboxylic acid groups (broad SMARTS) is 1. The third kappa shape index (κ3) is 3.75. The minimum atomic E-state index is -1.04. The zero-order chi connectivity index (χ0) is 24.0. The lowest BCUT2D eigenvalue weighted by Gasteiger charge is -2.19. The zero-order valence-electron chi connectivity index (χ0n) is 18.3. The van der Waals surface area contributed by atoms with Gasteiger partial charge in [0.1, 0.15) is 11.3 Å². The Kier molecular flexibility index (Phi) is 5.05. The Hall–Kier alpha value is -4.59. The molecular weight excluding hydrogens is 436 g/mol.